The molecule has 0 radical (unpaired) electrons. The van der Waals surface area contributed by atoms with E-state index in [1.807, 2.05) is 43.3 Å². The molecule has 1 saturated carbocycles. The van der Waals surface area contributed by atoms with E-state index in [0.717, 1.165) is 69.8 Å². The maximum atomic E-state index is 12.3. The van der Waals surface area contributed by atoms with Crippen LogP contribution in [0.4, 0.5) is 0 Å². The smallest absolute Gasteiger partial charge is 0.220 e. The van der Waals surface area contributed by atoms with Crippen molar-refractivity contribution < 1.29 is 14.7 Å². The first-order valence-corrected chi connectivity index (χ1v) is 12.7. The quantitative estimate of drug-likeness (QED) is 0.248. The van der Waals surface area contributed by atoms with Gasteiger partial charge in [0, 0.05) is 18.8 Å². The minimum absolute atomic E-state index is 0.0345. The highest BCUT2D eigenvalue weighted by molar-refractivity contribution is 5.83. The second kappa shape index (κ2) is 15.0. The number of ketones is 1. The minimum atomic E-state index is -0.381. The van der Waals surface area contributed by atoms with Gasteiger partial charge in [0.2, 0.25) is 5.91 Å². The number of allylic oxidation sites excluding steroid dienone is 1. The minimum Gasteiger partial charge on any atom is -0.389 e. The molecular weight excluding hydrogens is 398 g/mol. The van der Waals surface area contributed by atoms with Crippen LogP contribution < -0.4 is 5.32 Å². The van der Waals surface area contributed by atoms with Gasteiger partial charge in [0.15, 0.2) is 0 Å². The van der Waals surface area contributed by atoms with Gasteiger partial charge < -0.3 is 10.4 Å². The molecule has 0 heterocycles. The Balaban J connectivity index is 1.60. The Morgan fingerprint density at radius 2 is 1.88 bits per heavy atom. The first-order chi connectivity index (χ1) is 15.5. The number of aliphatic hydroxyl groups is 1. The summed E-state index contributed by atoms with van der Waals surface area (Å²) in [5, 5.41) is 13.2. The van der Waals surface area contributed by atoms with E-state index in [2.05, 4.69) is 18.3 Å². The van der Waals surface area contributed by atoms with Crippen molar-refractivity contribution in [3.05, 3.63) is 48.0 Å². The maximum Gasteiger partial charge on any atom is 0.220 e. The molecule has 1 amide bonds. The second-order valence-corrected chi connectivity index (χ2v) is 9.38. The van der Waals surface area contributed by atoms with Gasteiger partial charge in [-0.3, -0.25) is 9.59 Å². The van der Waals surface area contributed by atoms with Crippen LogP contribution in [0.25, 0.3) is 0 Å². The largest absolute Gasteiger partial charge is 0.389 e. The Hall–Kier alpha value is -1.94. The average molecular weight is 442 g/mol. The van der Waals surface area contributed by atoms with E-state index >= 15 is 0 Å². The summed E-state index contributed by atoms with van der Waals surface area (Å²) < 4.78 is 0. The molecule has 1 aliphatic carbocycles. The van der Waals surface area contributed by atoms with E-state index in [9.17, 15) is 14.7 Å². The molecule has 0 bridgehead atoms. The normalized spacial score (nSPS) is 20.5. The molecular formula is C28H43NO3. The predicted octanol–water partition coefficient (Wildman–Crippen LogP) is 6.30. The summed E-state index contributed by atoms with van der Waals surface area (Å²) in [6.07, 6.45) is 14.9. The highest BCUT2D eigenvalue weighted by Gasteiger charge is 2.32. The Morgan fingerprint density at radius 1 is 1.12 bits per heavy atom. The lowest BCUT2D eigenvalue weighted by molar-refractivity contribution is -0.122. The van der Waals surface area contributed by atoms with Crippen LogP contribution in [0, 0.1) is 11.8 Å². The van der Waals surface area contributed by atoms with Gasteiger partial charge in [0.1, 0.15) is 5.78 Å². The zero-order chi connectivity index (χ0) is 23.2. The number of amides is 1. The standard InChI is InChI=1S/C28H43NO3/c1-3-4-8-15-25(30)20-18-24-19-21-27(31)26(24)16-11-5-6-12-17-28(32)29-22(2)23-13-9-7-10-14-23/h7,9-10,13-14,18,20,22,24-26,30H,3-6,8,11-12,15-17,19,21H2,1-2H3,(H,29,32)/t22-,24-,25+,26-/m1/s1. The number of hydrogen-bond acceptors (Lipinski definition) is 3. The number of unbranched alkanes of at least 4 members (excludes halogenated alkanes) is 5. The summed E-state index contributed by atoms with van der Waals surface area (Å²) >= 11 is 0. The van der Waals surface area contributed by atoms with Crippen molar-refractivity contribution in [1.82, 2.24) is 5.32 Å². The topological polar surface area (TPSA) is 66.4 Å². The van der Waals surface area contributed by atoms with Crippen LogP contribution in [-0.2, 0) is 9.59 Å². The van der Waals surface area contributed by atoms with Crippen LogP contribution in [-0.4, -0.2) is 22.9 Å². The van der Waals surface area contributed by atoms with Crippen LogP contribution >= 0.6 is 0 Å². The predicted molar refractivity (Wildman–Crippen MR) is 131 cm³/mol. The highest BCUT2D eigenvalue weighted by atomic mass is 16.3. The lowest BCUT2D eigenvalue weighted by Gasteiger charge is -2.16. The van der Waals surface area contributed by atoms with Crippen LogP contribution in [0.15, 0.2) is 42.5 Å². The molecule has 0 aromatic heterocycles. The third kappa shape index (κ3) is 9.68. The number of carbonyl (C=O) groups excluding carboxylic acids is 2. The summed E-state index contributed by atoms with van der Waals surface area (Å²) in [5.74, 6) is 0.891. The number of Topliss-reactive ketones (excluding diaryl/α,β-unsaturated/α-hetero) is 1. The second-order valence-electron chi connectivity index (χ2n) is 9.38. The Bertz CT molecular complexity index is 700. The van der Waals surface area contributed by atoms with E-state index in [0.29, 0.717) is 18.6 Å². The van der Waals surface area contributed by atoms with Crippen molar-refractivity contribution >= 4 is 11.7 Å². The fourth-order valence-corrected chi connectivity index (χ4v) is 4.65. The maximum absolute atomic E-state index is 12.3. The molecule has 4 atom stereocenters. The average Bonchev–Trinajstić information content (AvgIpc) is 3.14. The van der Waals surface area contributed by atoms with Crippen molar-refractivity contribution in [3.8, 4) is 0 Å². The molecule has 0 saturated heterocycles. The highest BCUT2D eigenvalue weighted by Crippen LogP contribution is 2.34. The molecule has 4 heteroatoms. The fraction of sp³-hybridized carbons (Fsp3) is 0.643. The number of hydrogen-bond donors (Lipinski definition) is 2. The van der Waals surface area contributed by atoms with E-state index in [1.54, 1.807) is 0 Å². The van der Waals surface area contributed by atoms with Gasteiger partial charge in [0.05, 0.1) is 12.1 Å². The summed E-state index contributed by atoms with van der Waals surface area (Å²) in [4.78, 5) is 24.5. The number of carbonyl (C=O) groups is 2. The molecule has 1 aliphatic rings. The van der Waals surface area contributed by atoms with E-state index < -0.39 is 0 Å². The summed E-state index contributed by atoms with van der Waals surface area (Å²) in [6, 6.07) is 10.1. The van der Waals surface area contributed by atoms with Gasteiger partial charge in [0.25, 0.3) is 0 Å². The number of rotatable bonds is 15. The summed E-state index contributed by atoms with van der Waals surface area (Å²) in [7, 11) is 0. The molecule has 2 rings (SSSR count). The number of benzene rings is 1. The van der Waals surface area contributed by atoms with Crippen molar-refractivity contribution in [2.75, 3.05) is 0 Å². The molecule has 0 unspecified atom stereocenters. The van der Waals surface area contributed by atoms with E-state index in [-0.39, 0.29) is 29.9 Å². The Kier molecular flexibility index (Phi) is 12.3. The molecule has 178 valence electrons. The number of aliphatic hydroxyl groups excluding tert-OH is 1. The van der Waals surface area contributed by atoms with Crippen molar-refractivity contribution in [1.29, 1.82) is 0 Å². The van der Waals surface area contributed by atoms with E-state index in [1.165, 1.54) is 0 Å². The third-order valence-corrected chi connectivity index (χ3v) is 6.68. The van der Waals surface area contributed by atoms with Crippen LogP contribution in [0.3, 0.4) is 0 Å². The lowest BCUT2D eigenvalue weighted by Crippen LogP contribution is -2.26. The van der Waals surface area contributed by atoms with Crippen LogP contribution in [0.1, 0.15) is 103 Å². The molecule has 0 aliphatic heterocycles. The Morgan fingerprint density at radius 3 is 2.62 bits per heavy atom. The fourth-order valence-electron chi connectivity index (χ4n) is 4.65. The third-order valence-electron chi connectivity index (χ3n) is 6.68. The first-order valence-electron chi connectivity index (χ1n) is 12.7. The van der Waals surface area contributed by atoms with Crippen LogP contribution in [0.5, 0.6) is 0 Å². The van der Waals surface area contributed by atoms with Gasteiger partial charge in [-0.1, -0.05) is 87.9 Å². The van der Waals surface area contributed by atoms with Crippen molar-refractivity contribution in [2.45, 2.75) is 103 Å². The van der Waals surface area contributed by atoms with Crippen molar-refractivity contribution in [2.24, 2.45) is 11.8 Å². The first kappa shape index (κ1) is 26.3. The molecule has 0 spiro atoms. The molecule has 1 fully saturated rings. The molecule has 4 nitrogen and oxygen atoms in total. The van der Waals surface area contributed by atoms with Gasteiger partial charge >= 0.3 is 0 Å². The summed E-state index contributed by atoms with van der Waals surface area (Å²) in [5.41, 5.74) is 1.12. The molecule has 32 heavy (non-hydrogen) atoms. The van der Waals surface area contributed by atoms with Gasteiger partial charge in [-0.2, -0.15) is 0 Å². The molecule has 2 N–H and O–H groups in total. The van der Waals surface area contributed by atoms with Crippen LogP contribution in [0.2, 0.25) is 0 Å². The zero-order valence-electron chi connectivity index (χ0n) is 20.1. The van der Waals surface area contributed by atoms with Gasteiger partial charge in [-0.15, -0.1) is 0 Å². The van der Waals surface area contributed by atoms with E-state index in [4.69, 9.17) is 0 Å². The van der Waals surface area contributed by atoms with Gasteiger partial charge in [-0.25, -0.2) is 0 Å². The molecule has 1 aromatic rings. The SMILES string of the molecule is CCCCC[C@H](O)C=C[C@@H]1CCC(=O)[C@@H]1CCCCCCC(=O)N[C@H](C)c1ccccc1. The Labute approximate surface area is 194 Å². The monoisotopic (exact) mass is 441 g/mol. The van der Waals surface area contributed by atoms with Crippen molar-refractivity contribution in [3.63, 3.8) is 0 Å². The summed E-state index contributed by atoms with van der Waals surface area (Å²) in [6.45, 7) is 4.18. The molecule has 1 aromatic carbocycles. The van der Waals surface area contributed by atoms with Gasteiger partial charge in [-0.05, 0) is 44.1 Å². The lowest BCUT2D eigenvalue weighted by atomic mass is 9.89. The number of nitrogens with one attached hydrogen (secondary N) is 1. The zero-order valence-corrected chi connectivity index (χ0v) is 20.1.